The van der Waals surface area contributed by atoms with Crippen molar-refractivity contribution in [2.75, 3.05) is 6.54 Å². The SMILES string of the molecule is CCCB1OC2CC(O1)[C@H](C/C=C\CCCC(=O)NCC)[C@H]2/C=C/[C@@H](O)CCc1ccccc1. The van der Waals surface area contributed by atoms with Crippen molar-refractivity contribution in [3.8, 4) is 0 Å². The van der Waals surface area contributed by atoms with Crippen LogP contribution in [-0.4, -0.2) is 43.0 Å². The molecule has 2 bridgehead atoms. The first-order chi connectivity index (χ1) is 16.6. The first-order valence-electron chi connectivity index (χ1n) is 13.2. The second kappa shape index (κ2) is 14.5. The molecule has 1 aromatic carbocycles. The third-order valence-corrected chi connectivity index (χ3v) is 6.89. The van der Waals surface area contributed by atoms with Crippen molar-refractivity contribution < 1.29 is 19.2 Å². The molecule has 1 heterocycles. The Morgan fingerprint density at radius 1 is 1.21 bits per heavy atom. The Balaban J connectivity index is 1.54. The van der Waals surface area contributed by atoms with Gasteiger partial charge in [0.2, 0.25) is 5.91 Å². The fourth-order valence-electron chi connectivity index (χ4n) is 5.11. The summed E-state index contributed by atoms with van der Waals surface area (Å²) in [7, 11) is -0.112. The molecule has 2 unspecified atom stereocenters. The van der Waals surface area contributed by atoms with Gasteiger partial charge in [0.25, 0.3) is 0 Å². The lowest BCUT2D eigenvalue weighted by atomic mass is 9.81. The van der Waals surface area contributed by atoms with Crippen LogP contribution in [0.3, 0.4) is 0 Å². The molecular formula is C28H42BNO4. The second-order valence-corrected chi connectivity index (χ2v) is 9.57. The molecule has 0 aromatic heterocycles. The van der Waals surface area contributed by atoms with E-state index < -0.39 is 6.10 Å². The fraction of sp³-hybridized carbons (Fsp3) is 0.607. The monoisotopic (exact) mass is 467 g/mol. The number of unbranched alkanes of at least 4 members (excludes halogenated alkanes) is 1. The maximum Gasteiger partial charge on any atom is 0.457 e. The van der Waals surface area contributed by atoms with Crippen LogP contribution >= 0.6 is 0 Å². The average Bonchev–Trinajstić information content (AvgIpc) is 3.08. The molecule has 1 aliphatic heterocycles. The number of rotatable bonds is 14. The van der Waals surface area contributed by atoms with Crippen LogP contribution in [-0.2, 0) is 20.5 Å². The molecule has 2 aliphatic rings. The summed E-state index contributed by atoms with van der Waals surface area (Å²) in [5.74, 6) is 0.728. The van der Waals surface area contributed by atoms with Gasteiger partial charge < -0.3 is 19.7 Å². The zero-order valence-electron chi connectivity index (χ0n) is 20.9. The van der Waals surface area contributed by atoms with E-state index in [1.807, 2.05) is 31.2 Å². The lowest BCUT2D eigenvalue weighted by Gasteiger charge is -2.27. The maximum absolute atomic E-state index is 11.6. The Morgan fingerprint density at radius 3 is 2.76 bits per heavy atom. The molecule has 186 valence electrons. The molecule has 1 amide bonds. The van der Waals surface area contributed by atoms with E-state index in [2.05, 4.69) is 42.6 Å². The van der Waals surface area contributed by atoms with Gasteiger partial charge in [-0.3, -0.25) is 4.79 Å². The van der Waals surface area contributed by atoms with Gasteiger partial charge >= 0.3 is 7.12 Å². The Morgan fingerprint density at radius 2 is 2.00 bits per heavy atom. The predicted molar refractivity (Wildman–Crippen MR) is 138 cm³/mol. The van der Waals surface area contributed by atoms with Crippen LogP contribution in [0.25, 0.3) is 0 Å². The van der Waals surface area contributed by atoms with E-state index in [1.54, 1.807) is 0 Å². The number of fused-ring (bicyclic) bond motifs is 2. The summed E-state index contributed by atoms with van der Waals surface area (Å²) in [5.41, 5.74) is 1.25. The maximum atomic E-state index is 11.6. The van der Waals surface area contributed by atoms with E-state index in [-0.39, 0.29) is 31.2 Å². The first-order valence-corrected chi connectivity index (χ1v) is 13.2. The summed E-state index contributed by atoms with van der Waals surface area (Å²) in [6, 6.07) is 10.3. The van der Waals surface area contributed by atoms with Crippen LogP contribution < -0.4 is 5.32 Å². The van der Waals surface area contributed by atoms with Gasteiger partial charge in [-0.15, -0.1) is 0 Å². The summed E-state index contributed by atoms with van der Waals surface area (Å²) >= 11 is 0. The van der Waals surface area contributed by atoms with Crippen molar-refractivity contribution in [3.63, 3.8) is 0 Å². The minimum Gasteiger partial charge on any atom is -0.408 e. The van der Waals surface area contributed by atoms with Gasteiger partial charge in [-0.05, 0) is 63.3 Å². The molecule has 1 saturated heterocycles. The average molecular weight is 467 g/mol. The van der Waals surface area contributed by atoms with Gasteiger partial charge in [-0.1, -0.05) is 68.0 Å². The van der Waals surface area contributed by atoms with Crippen LogP contribution in [0, 0.1) is 11.8 Å². The zero-order valence-corrected chi connectivity index (χ0v) is 20.9. The molecule has 6 heteroatoms. The number of carbonyl (C=O) groups excluding carboxylic acids is 1. The molecule has 0 radical (unpaired) electrons. The van der Waals surface area contributed by atoms with E-state index in [0.717, 1.165) is 44.8 Å². The molecule has 2 fully saturated rings. The van der Waals surface area contributed by atoms with E-state index >= 15 is 0 Å². The number of carbonyl (C=O) groups is 1. The molecule has 2 N–H and O–H groups in total. The van der Waals surface area contributed by atoms with Crippen LogP contribution in [0.15, 0.2) is 54.6 Å². The van der Waals surface area contributed by atoms with Crippen LogP contribution in [0.1, 0.15) is 64.4 Å². The van der Waals surface area contributed by atoms with Crippen molar-refractivity contribution in [1.29, 1.82) is 0 Å². The summed E-state index contributed by atoms with van der Waals surface area (Å²) in [6.07, 6.45) is 16.2. The number of benzene rings is 1. The minimum absolute atomic E-state index is 0.112. The van der Waals surface area contributed by atoms with Crippen molar-refractivity contribution in [2.45, 2.75) is 89.8 Å². The highest BCUT2D eigenvalue weighted by molar-refractivity contribution is 6.44. The Hall–Kier alpha value is -1.89. The lowest BCUT2D eigenvalue weighted by molar-refractivity contribution is -0.121. The van der Waals surface area contributed by atoms with E-state index in [1.165, 1.54) is 5.56 Å². The second-order valence-electron chi connectivity index (χ2n) is 9.57. The summed E-state index contributed by atoms with van der Waals surface area (Å²) in [5, 5.41) is 13.4. The highest BCUT2D eigenvalue weighted by Gasteiger charge is 2.49. The molecule has 5 nitrogen and oxygen atoms in total. The molecule has 0 spiro atoms. The molecule has 1 aromatic rings. The van der Waals surface area contributed by atoms with Crippen molar-refractivity contribution in [1.82, 2.24) is 5.32 Å². The van der Waals surface area contributed by atoms with E-state index in [0.29, 0.717) is 25.3 Å². The lowest BCUT2D eigenvalue weighted by Crippen LogP contribution is -2.37. The van der Waals surface area contributed by atoms with Crippen molar-refractivity contribution >= 4 is 13.0 Å². The van der Waals surface area contributed by atoms with Crippen molar-refractivity contribution in [3.05, 3.63) is 60.2 Å². The number of hydrogen-bond acceptors (Lipinski definition) is 4. The predicted octanol–water partition coefficient (Wildman–Crippen LogP) is 5.11. The summed E-state index contributed by atoms with van der Waals surface area (Å²) < 4.78 is 12.6. The minimum atomic E-state index is -0.460. The largest absolute Gasteiger partial charge is 0.457 e. The number of nitrogens with one attached hydrogen (secondary N) is 1. The van der Waals surface area contributed by atoms with Crippen LogP contribution in [0.4, 0.5) is 0 Å². The van der Waals surface area contributed by atoms with Gasteiger partial charge in [-0.2, -0.15) is 0 Å². The molecule has 1 saturated carbocycles. The Labute approximate surface area is 206 Å². The quantitative estimate of drug-likeness (QED) is 0.227. The number of aliphatic hydroxyl groups is 1. The Bertz CT molecular complexity index is 784. The number of allylic oxidation sites excluding steroid dienone is 2. The highest BCUT2D eigenvalue weighted by atomic mass is 16.6. The highest BCUT2D eigenvalue weighted by Crippen LogP contribution is 2.44. The fourth-order valence-corrected chi connectivity index (χ4v) is 5.11. The summed E-state index contributed by atoms with van der Waals surface area (Å²) in [6.45, 7) is 4.79. The molecular weight excluding hydrogens is 425 g/mol. The third kappa shape index (κ3) is 8.40. The molecule has 34 heavy (non-hydrogen) atoms. The topological polar surface area (TPSA) is 67.8 Å². The number of amides is 1. The van der Waals surface area contributed by atoms with Gasteiger partial charge in [0, 0.05) is 25.0 Å². The normalized spacial score (nSPS) is 25.3. The third-order valence-electron chi connectivity index (χ3n) is 6.89. The van der Waals surface area contributed by atoms with Gasteiger partial charge in [0.05, 0.1) is 12.2 Å². The van der Waals surface area contributed by atoms with E-state index in [9.17, 15) is 9.90 Å². The molecule has 1 aliphatic carbocycles. The summed E-state index contributed by atoms with van der Waals surface area (Å²) in [4.78, 5) is 11.6. The smallest absolute Gasteiger partial charge is 0.408 e. The van der Waals surface area contributed by atoms with Crippen molar-refractivity contribution in [2.24, 2.45) is 11.8 Å². The first kappa shape index (κ1) is 26.7. The zero-order chi connectivity index (χ0) is 24.2. The van der Waals surface area contributed by atoms with Gasteiger partial charge in [0.15, 0.2) is 0 Å². The molecule has 3 rings (SSSR count). The number of aliphatic hydroxyl groups excluding tert-OH is 1. The Kier molecular flexibility index (Phi) is 11.4. The van der Waals surface area contributed by atoms with Gasteiger partial charge in [-0.25, -0.2) is 0 Å². The van der Waals surface area contributed by atoms with Crippen LogP contribution in [0.2, 0.25) is 6.32 Å². The standard InChI is InChI=1S/C28H42BNO4/c1-3-20-29-33-26-21-27(34-29)25(19-18-23(31)17-16-22-12-8-7-9-13-22)24(26)14-10-5-6-11-15-28(32)30-4-2/h5,7-10,12-13,18-19,23-27,31H,3-4,6,11,14-17,20-21H2,1-2H3,(H,30,32)/b10-5-,19-18+/t23-,24+,25+,26?,27?/m0/s1. The number of hydrogen-bond donors (Lipinski definition) is 2. The van der Waals surface area contributed by atoms with Crippen LogP contribution in [0.5, 0.6) is 0 Å². The van der Waals surface area contributed by atoms with E-state index in [4.69, 9.17) is 9.31 Å². The van der Waals surface area contributed by atoms with Gasteiger partial charge in [0.1, 0.15) is 0 Å². The number of aryl methyl sites for hydroxylation is 1. The molecule has 5 atom stereocenters.